The molecule has 0 bridgehead atoms. The molecule has 31 heavy (non-hydrogen) atoms. The summed E-state index contributed by atoms with van der Waals surface area (Å²) in [4.78, 5) is 20.6. The van der Waals surface area contributed by atoms with Crippen molar-refractivity contribution in [3.8, 4) is 0 Å². The maximum Gasteiger partial charge on any atom is 0.238 e. The van der Waals surface area contributed by atoms with E-state index in [-0.39, 0.29) is 5.91 Å². The first-order valence-electron chi connectivity index (χ1n) is 11.2. The number of hydrogen-bond acceptors (Lipinski definition) is 2. The molecule has 1 atom stereocenters. The van der Waals surface area contributed by atoms with Crippen molar-refractivity contribution in [1.29, 1.82) is 0 Å². The van der Waals surface area contributed by atoms with Gasteiger partial charge in [0.05, 0.1) is 17.7 Å². The lowest BCUT2D eigenvalue weighted by Crippen LogP contribution is -2.40. The van der Waals surface area contributed by atoms with E-state index in [2.05, 4.69) is 50.8 Å². The summed E-state index contributed by atoms with van der Waals surface area (Å²) in [7, 11) is 0. The second kappa shape index (κ2) is 8.50. The van der Waals surface area contributed by atoms with Gasteiger partial charge in [0.15, 0.2) is 0 Å². The van der Waals surface area contributed by atoms with Gasteiger partial charge in [-0.1, -0.05) is 81.5 Å². The largest absolute Gasteiger partial charge is 0.305 e. The van der Waals surface area contributed by atoms with E-state index in [0.717, 1.165) is 58.1 Å². The Morgan fingerprint density at radius 3 is 2.58 bits per heavy atom. The molecule has 2 heterocycles. The molecule has 1 unspecified atom stereocenters. The SMILES string of the molecule is C=C/C(=C\C)c1c(CN2C(=O)C(CC)(CCC)c3ccccc32)ncc2ccccc12. The van der Waals surface area contributed by atoms with Crippen LogP contribution >= 0.6 is 0 Å². The summed E-state index contributed by atoms with van der Waals surface area (Å²) in [5.74, 6) is 0.194. The zero-order chi connectivity index (χ0) is 22.0. The third-order valence-corrected chi connectivity index (χ3v) is 6.65. The summed E-state index contributed by atoms with van der Waals surface area (Å²) < 4.78 is 0. The third-order valence-electron chi connectivity index (χ3n) is 6.65. The maximum atomic E-state index is 13.9. The van der Waals surface area contributed by atoms with E-state index >= 15 is 0 Å². The van der Waals surface area contributed by atoms with Crippen LogP contribution in [-0.2, 0) is 16.8 Å². The number of hydrogen-bond donors (Lipinski definition) is 0. The van der Waals surface area contributed by atoms with Gasteiger partial charge in [-0.3, -0.25) is 9.78 Å². The number of rotatable bonds is 7. The van der Waals surface area contributed by atoms with E-state index in [0.29, 0.717) is 6.54 Å². The highest BCUT2D eigenvalue weighted by atomic mass is 16.2. The lowest BCUT2D eigenvalue weighted by atomic mass is 9.75. The molecule has 0 saturated heterocycles. The number of allylic oxidation sites excluding steroid dienone is 3. The minimum Gasteiger partial charge on any atom is -0.305 e. The molecule has 1 aromatic heterocycles. The van der Waals surface area contributed by atoms with Gasteiger partial charge in [0.25, 0.3) is 0 Å². The fraction of sp³-hybridized carbons (Fsp3) is 0.286. The predicted molar refractivity (Wildman–Crippen MR) is 130 cm³/mol. The van der Waals surface area contributed by atoms with Crippen LogP contribution in [0.15, 0.2) is 73.5 Å². The number of fused-ring (bicyclic) bond motifs is 2. The molecular weight excluding hydrogens is 380 g/mol. The lowest BCUT2D eigenvalue weighted by Gasteiger charge is -2.27. The van der Waals surface area contributed by atoms with E-state index in [4.69, 9.17) is 4.98 Å². The highest BCUT2D eigenvalue weighted by molar-refractivity contribution is 6.08. The van der Waals surface area contributed by atoms with Crippen LogP contribution in [0, 0.1) is 0 Å². The van der Waals surface area contributed by atoms with Gasteiger partial charge in [-0.05, 0) is 42.4 Å². The predicted octanol–water partition coefficient (Wildman–Crippen LogP) is 6.82. The van der Waals surface area contributed by atoms with Crippen LogP contribution in [0.25, 0.3) is 16.3 Å². The van der Waals surface area contributed by atoms with E-state index in [1.54, 1.807) is 0 Å². The van der Waals surface area contributed by atoms with Crippen molar-refractivity contribution >= 4 is 27.9 Å². The minimum absolute atomic E-state index is 0.194. The average Bonchev–Trinajstić information content (AvgIpc) is 3.04. The quantitative estimate of drug-likeness (QED) is 0.400. The van der Waals surface area contributed by atoms with E-state index < -0.39 is 5.41 Å². The summed E-state index contributed by atoms with van der Waals surface area (Å²) in [5.41, 5.74) is 4.73. The smallest absolute Gasteiger partial charge is 0.238 e. The molecule has 4 rings (SSSR count). The average molecular weight is 411 g/mol. The molecular formula is C28H30N2O. The number of nitrogens with zero attached hydrogens (tertiary/aromatic N) is 2. The molecule has 1 aliphatic rings. The second-order valence-corrected chi connectivity index (χ2v) is 8.21. The van der Waals surface area contributed by atoms with Gasteiger partial charge in [0, 0.05) is 22.8 Å². The molecule has 0 spiro atoms. The molecule has 0 saturated carbocycles. The van der Waals surface area contributed by atoms with Crippen molar-refractivity contribution in [2.75, 3.05) is 4.90 Å². The van der Waals surface area contributed by atoms with Crippen molar-refractivity contribution in [3.63, 3.8) is 0 Å². The second-order valence-electron chi connectivity index (χ2n) is 8.21. The molecule has 3 heteroatoms. The van der Waals surface area contributed by atoms with E-state index in [1.807, 2.05) is 48.4 Å². The Morgan fingerprint density at radius 2 is 1.87 bits per heavy atom. The topological polar surface area (TPSA) is 33.2 Å². The van der Waals surface area contributed by atoms with Gasteiger partial charge in [0.2, 0.25) is 5.91 Å². The van der Waals surface area contributed by atoms with Crippen LogP contribution < -0.4 is 4.90 Å². The standard InChI is InChI=1S/C28H30N2O/c1-5-17-28(8-4)23-15-11-12-16-25(23)30(27(28)31)19-24-26(20(6-2)7-3)22-14-10-9-13-21(22)18-29-24/h6-7,9-16,18H,2,5,8,17,19H2,1,3-4H3/b20-7+. The van der Waals surface area contributed by atoms with Crippen LogP contribution in [0.2, 0.25) is 0 Å². The molecule has 0 fully saturated rings. The van der Waals surface area contributed by atoms with Crippen molar-refractivity contribution in [1.82, 2.24) is 4.98 Å². The van der Waals surface area contributed by atoms with Gasteiger partial charge in [0.1, 0.15) is 0 Å². The van der Waals surface area contributed by atoms with E-state index in [1.165, 1.54) is 0 Å². The molecule has 1 aliphatic heterocycles. The Labute approximate surface area is 185 Å². The lowest BCUT2D eigenvalue weighted by molar-refractivity contribution is -0.123. The number of amides is 1. The normalized spacial score (nSPS) is 18.5. The number of carbonyl (C=O) groups excluding carboxylic acids is 1. The van der Waals surface area contributed by atoms with Crippen LogP contribution in [0.1, 0.15) is 56.9 Å². The molecule has 2 aromatic carbocycles. The van der Waals surface area contributed by atoms with Crippen LogP contribution in [0.3, 0.4) is 0 Å². The zero-order valence-electron chi connectivity index (χ0n) is 18.7. The summed E-state index contributed by atoms with van der Waals surface area (Å²) >= 11 is 0. The Morgan fingerprint density at radius 1 is 1.13 bits per heavy atom. The third kappa shape index (κ3) is 3.29. The highest BCUT2D eigenvalue weighted by Gasteiger charge is 2.48. The first kappa shape index (κ1) is 21.0. The van der Waals surface area contributed by atoms with Crippen molar-refractivity contribution < 1.29 is 4.79 Å². The molecule has 0 radical (unpaired) electrons. The fourth-order valence-corrected chi connectivity index (χ4v) is 5.10. The Kier molecular flexibility index (Phi) is 5.77. The minimum atomic E-state index is -0.440. The summed E-state index contributed by atoms with van der Waals surface area (Å²) in [6.45, 7) is 10.8. The summed E-state index contributed by atoms with van der Waals surface area (Å²) in [5, 5.41) is 2.22. The van der Waals surface area contributed by atoms with Crippen molar-refractivity contribution in [3.05, 3.63) is 90.3 Å². The molecule has 3 nitrogen and oxygen atoms in total. The van der Waals surface area contributed by atoms with Crippen molar-refractivity contribution in [2.45, 2.75) is 52.0 Å². The number of para-hydroxylation sites is 1. The van der Waals surface area contributed by atoms with Crippen LogP contribution in [0.4, 0.5) is 5.69 Å². The number of pyridine rings is 1. The number of aromatic nitrogens is 1. The van der Waals surface area contributed by atoms with E-state index in [9.17, 15) is 4.79 Å². The summed E-state index contributed by atoms with van der Waals surface area (Å²) in [6.07, 6.45) is 8.49. The Balaban J connectivity index is 1.88. The fourth-order valence-electron chi connectivity index (χ4n) is 5.10. The number of anilines is 1. The number of benzene rings is 2. The van der Waals surface area contributed by atoms with Gasteiger partial charge >= 0.3 is 0 Å². The van der Waals surface area contributed by atoms with Gasteiger partial charge in [-0.25, -0.2) is 0 Å². The first-order chi connectivity index (χ1) is 15.1. The maximum absolute atomic E-state index is 13.9. The zero-order valence-corrected chi connectivity index (χ0v) is 18.7. The Hall–Kier alpha value is -3.20. The summed E-state index contributed by atoms with van der Waals surface area (Å²) in [6, 6.07) is 16.5. The molecule has 0 N–H and O–H groups in total. The molecule has 158 valence electrons. The molecule has 3 aromatic rings. The van der Waals surface area contributed by atoms with Gasteiger partial charge in [-0.2, -0.15) is 0 Å². The highest BCUT2D eigenvalue weighted by Crippen LogP contribution is 2.47. The van der Waals surface area contributed by atoms with Crippen LogP contribution in [0.5, 0.6) is 0 Å². The van der Waals surface area contributed by atoms with Crippen molar-refractivity contribution in [2.24, 2.45) is 0 Å². The molecule has 0 aliphatic carbocycles. The van der Waals surface area contributed by atoms with Gasteiger partial charge in [-0.15, -0.1) is 0 Å². The van der Waals surface area contributed by atoms with Gasteiger partial charge < -0.3 is 4.90 Å². The first-order valence-corrected chi connectivity index (χ1v) is 11.2. The monoisotopic (exact) mass is 410 g/mol. The Bertz CT molecular complexity index is 1180. The number of carbonyl (C=O) groups is 1. The van der Waals surface area contributed by atoms with Crippen LogP contribution in [-0.4, -0.2) is 10.9 Å². The molecule has 1 amide bonds.